The van der Waals surface area contributed by atoms with Gasteiger partial charge in [-0.3, -0.25) is 0 Å². The number of hydrazone groups is 1. The van der Waals surface area contributed by atoms with Crippen molar-refractivity contribution in [2.45, 2.75) is 38.7 Å². The van der Waals surface area contributed by atoms with Crippen LogP contribution in [0.1, 0.15) is 32.6 Å². The third-order valence-corrected chi connectivity index (χ3v) is 1.57. The lowest BCUT2D eigenvalue weighted by Gasteiger charge is -2.06. The molecule has 0 spiro atoms. The first-order valence-electron chi connectivity index (χ1n) is 4.56. The highest BCUT2D eigenvalue weighted by atomic mass is 16.3. The van der Waals surface area contributed by atoms with Gasteiger partial charge in [-0.2, -0.15) is 5.10 Å². The summed E-state index contributed by atoms with van der Waals surface area (Å²) in [6.45, 7) is 2.15. The highest BCUT2D eigenvalue weighted by Gasteiger charge is 1.98. The van der Waals surface area contributed by atoms with E-state index in [4.69, 9.17) is 0 Å². The zero-order valence-corrected chi connectivity index (χ0v) is 8.32. The predicted molar refractivity (Wildman–Crippen MR) is 52.3 cm³/mol. The van der Waals surface area contributed by atoms with Crippen LogP contribution in [0.2, 0.25) is 0 Å². The molecule has 0 aromatic heterocycles. The molecule has 0 aliphatic heterocycles. The Morgan fingerprint density at radius 3 is 2.58 bits per heavy atom. The molecule has 3 nitrogen and oxygen atoms in total. The monoisotopic (exact) mass is 172 g/mol. The Labute approximate surface area is 75.1 Å². The van der Waals surface area contributed by atoms with Gasteiger partial charge in [0.1, 0.15) is 0 Å². The summed E-state index contributed by atoms with van der Waals surface area (Å²) in [6, 6.07) is 0. The maximum Gasteiger partial charge on any atom is 0.0908 e. The van der Waals surface area contributed by atoms with Crippen molar-refractivity contribution in [3.8, 4) is 0 Å². The van der Waals surface area contributed by atoms with Gasteiger partial charge < -0.3 is 10.1 Å². The second kappa shape index (κ2) is 7.10. The van der Waals surface area contributed by atoms with E-state index in [1.165, 1.54) is 12.8 Å². The lowest BCUT2D eigenvalue weighted by Crippen LogP contribution is -2.11. The Morgan fingerprint density at radius 2 is 2.08 bits per heavy atom. The van der Waals surface area contributed by atoms with Gasteiger partial charge in [-0.25, -0.2) is 0 Å². The smallest absolute Gasteiger partial charge is 0.0908 e. The molecule has 0 saturated heterocycles. The molecule has 0 fully saturated rings. The number of nitrogens with zero attached hydrogens (tertiary/aromatic N) is 2. The van der Waals surface area contributed by atoms with Crippen LogP contribution < -0.4 is 0 Å². The summed E-state index contributed by atoms with van der Waals surface area (Å²) in [4.78, 5) is 0. The highest BCUT2D eigenvalue weighted by Crippen LogP contribution is 2.01. The number of aliphatic hydroxyl groups excluding tert-OH is 1. The molecule has 0 radical (unpaired) electrons. The van der Waals surface area contributed by atoms with Crippen LogP contribution in [-0.4, -0.2) is 36.5 Å². The Morgan fingerprint density at radius 1 is 1.42 bits per heavy atom. The Balaban J connectivity index is 3.38. The van der Waals surface area contributed by atoms with Gasteiger partial charge in [0, 0.05) is 14.1 Å². The molecule has 0 amide bonds. The fourth-order valence-corrected chi connectivity index (χ4v) is 0.888. The average molecular weight is 172 g/mol. The summed E-state index contributed by atoms with van der Waals surface area (Å²) in [6.07, 6.45) is 5.50. The van der Waals surface area contributed by atoms with Crippen molar-refractivity contribution >= 4 is 6.21 Å². The topological polar surface area (TPSA) is 35.8 Å². The SMILES string of the molecule is CCCCCC(O)/C=N/N(C)C. The maximum atomic E-state index is 9.35. The molecule has 0 bridgehead atoms. The van der Waals surface area contributed by atoms with Crippen molar-refractivity contribution in [2.24, 2.45) is 5.10 Å². The minimum atomic E-state index is -0.376. The molecule has 0 aromatic rings. The van der Waals surface area contributed by atoms with Crippen molar-refractivity contribution in [1.29, 1.82) is 0 Å². The zero-order valence-electron chi connectivity index (χ0n) is 8.32. The molecule has 0 aliphatic carbocycles. The molecule has 0 heterocycles. The molecule has 12 heavy (non-hydrogen) atoms. The summed E-state index contributed by atoms with van der Waals surface area (Å²) in [5.74, 6) is 0. The molecule has 0 aliphatic rings. The Bertz CT molecular complexity index is 124. The van der Waals surface area contributed by atoms with Crippen LogP contribution in [0, 0.1) is 0 Å². The van der Waals surface area contributed by atoms with Crippen molar-refractivity contribution in [2.75, 3.05) is 14.1 Å². The lowest BCUT2D eigenvalue weighted by molar-refractivity contribution is 0.228. The first kappa shape index (κ1) is 11.4. The van der Waals surface area contributed by atoms with Crippen LogP contribution in [0.15, 0.2) is 5.10 Å². The van der Waals surface area contributed by atoms with E-state index < -0.39 is 0 Å². The zero-order chi connectivity index (χ0) is 9.40. The minimum Gasteiger partial charge on any atom is -0.387 e. The Hall–Kier alpha value is -0.570. The third-order valence-electron chi connectivity index (χ3n) is 1.57. The largest absolute Gasteiger partial charge is 0.387 e. The molecule has 1 atom stereocenters. The molecule has 0 aromatic carbocycles. The average Bonchev–Trinajstić information content (AvgIpc) is 2.01. The van der Waals surface area contributed by atoms with Crippen LogP contribution in [-0.2, 0) is 0 Å². The summed E-state index contributed by atoms with van der Waals surface area (Å²) < 4.78 is 0. The number of unbranched alkanes of at least 4 members (excludes halogenated alkanes) is 2. The number of hydrogen-bond acceptors (Lipinski definition) is 3. The van der Waals surface area contributed by atoms with E-state index in [0.29, 0.717) is 0 Å². The van der Waals surface area contributed by atoms with Crippen LogP contribution >= 0.6 is 0 Å². The van der Waals surface area contributed by atoms with Gasteiger partial charge in [0.05, 0.1) is 12.3 Å². The fourth-order valence-electron chi connectivity index (χ4n) is 0.888. The molecular formula is C9H20N2O. The van der Waals surface area contributed by atoms with Crippen LogP contribution in [0.5, 0.6) is 0 Å². The second-order valence-corrected chi connectivity index (χ2v) is 3.17. The number of aliphatic hydroxyl groups is 1. The quantitative estimate of drug-likeness (QED) is 0.374. The second-order valence-electron chi connectivity index (χ2n) is 3.17. The highest BCUT2D eigenvalue weighted by molar-refractivity contribution is 5.62. The van der Waals surface area contributed by atoms with Gasteiger partial charge in [0.25, 0.3) is 0 Å². The summed E-state index contributed by atoms with van der Waals surface area (Å²) >= 11 is 0. The third kappa shape index (κ3) is 7.54. The summed E-state index contributed by atoms with van der Waals surface area (Å²) in [7, 11) is 3.69. The first-order valence-corrected chi connectivity index (χ1v) is 4.56. The van der Waals surface area contributed by atoms with Crippen LogP contribution in [0.3, 0.4) is 0 Å². The van der Waals surface area contributed by atoms with E-state index in [1.807, 2.05) is 14.1 Å². The van der Waals surface area contributed by atoms with Gasteiger partial charge in [-0.05, 0) is 6.42 Å². The summed E-state index contributed by atoms with van der Waals surface area (Å²) in [5, 5.41) is 15.0. The molecular weight excluding hydrogens is 152 g/mol. The molecule has 1 N–H and O–H groups in total. The van der Waals surface area contributed by atoms with E-state index in [0.717, 1.165) is 12.8 Å². The first-order chi connectivity index (χ1) is 5.66. The van der Waals surface area contributed by atoms with E-state index in [2.05, 4.69) is 12.0 Å². The molecule has 0 saturated carbocycles. The number of rotatable bonds is 6. The molecule has 72 valence electrons. The molecule has 3 heteroatoms. The maximum absolute atomic E-state index is 9.35. The van der Waals surface area contributed by atoms with Gasteiger partial charge in [-0.15, -0.1) is 0 Å². The van der Waals surface area contributed by atoms with Crippen molar-refractivity contribution < 1.29 is 5.11 Å². The lowest BCUT2D eigenvalue weighted by atomic mass is 10.1. The van der Waals surface area contributed by atoms with E-state index in [1.54, 1.807) is 11.2 Å². The fraction of sp³-hybridized carbons (Fsp3) is 0.889. The molecule has 1 unspecified atom stereocenters. The minimum absolute atomic E-state index is 0.376. The summed E-state index contributed by atoms with van der Waals surface area (Å²) in [5.41, 5.74) is 0. The van der Waals surface area contributed by atoms with Crippen molar-refractivity contribution in [3.63, 3.8) is 0 Å². The standard InChI is InChI=1S/C9H20N2O/c1-4-5-6-7-9(12)8-10-11(2)3/h8-9,12H,4-7H2,1-3H3/b10-8+. The van der Waals surface area contributed by atoms with Crippen molar-refractivity contribution in [3.05, 3.63) is 0 Å². The normalized spacial score (nSPS) is 13.7. The van der Waals surface area contributed by atoms with Crippen molar-refractivity contribution in [1.82, 2.24) is 5.01 Å². The van der Waals surface area contributed by atoms with Gasteiger partial charge in [-0.1, -0.05) is 26.2 Å². The Kier molecular flexibility index (Phi) is 6.76. The van der Waals surface area contributed by atoms with Crippen LogP contribution in [0.25, 0.3) is 0 Å². The van der Waals surface area contributed by atoms with E-state index >= 15 is 0 Å². The van der Waals surface area contributed by atoms with E-state index in [9.17, 15) is 5.11 Å². The van der Waals surface area contributed by atoms with Crippen LogP contribution in [0.4, 0.5) is 0 Å². The number of hydrogen-bond donors (Lipinski definition) is 1. The van der Waals surface area contributed by atoms with E-state index in [-0.39, 0.29) is 6.10 Å². The predicted octanol–water partition coefficient (Wildman–Crippen LogP) is 1.48. The molecule has 0 rings (SSSR count). The van der Waals surface area contributed by atoms with Gasteiger partial charge in [0.2, 0.25) is 0 Å². The van der Waals surface area contributed by atoms with Gasteiger partial charge in [0.15, 0.2) is 0 Å². The van der Waals surface area contributed by atoms with Gasteiger partial charge >= 0.3 is 0 Å².